The first-order chi connectivity index (χ1) is 19.5. The summed E-state index contributed by atoms with van der Waals surface area (Å²) in [5.74, 6) is -3.22. The van der Waals surface area contributed by atoms with E-state index in [4.69, 9.17) is 17.3 Å². The van der Waals surface area contributed by atoms with Crippen molar-refractivity contribution in [1.29, 1.82) is 0 Å². The van der Waals surface area contributed by atoms with Gasteiger partial charge in [0.2, 0.25) is 17.7 Å². The van der Waals surface area contributed by atoms with Crippen LogP contribution in [0.1, 0.15) is 37.3 Å². The zero-order valence-corrected chi connectivity index (χ0v) is 24.2. The Morgan fingerprint density at radius 3 is 2.34 bits per heavy atom. The fourth-order valence-corrected chi connectivity index (χ4v) is 5.52. The zero-order chi connectivity index (χ0) is 30.2. The molecule has 222 valence electrons. The molecule has 0 spiro atoms. The standard InChI is InChI=1S/C30H39ClN4O6/c1-20(32)27(39)33-25(18-36)29(41)34(2)30(17-22-9-11-24(31)12-10-22)13-6-14-35(19-30)28(40)23(16-26(37)38)15-21-7-4-3-5-8-21/h3-5,7-12,20,23,25,36H,6,13-19,32H2,1-2H3,(H,33,39)(H,37,38)/t20?,23?,25?,30-/m1/s1. The molecule has 2 aromatic carbocycles. The van der Waals surface area contributed by atoms with Gasteiger partial charge in [-0.3, -0.25) is 19.2 Å². The largest absolute Gasteiger partial charge is 0.481 e. The molecule has 1 fully saturated rings. The van der Waals surface area contributed by atoms with Crippen LogP contribution in [0.5, 0.6) is 0 Å². The Labute approximate surface area is 245 Å². The molecule has 0 aliphatic carbocycles. The first-order valence-corrected chi connectivity index (χ1v) is 14.1. The third-order valence-electron chi connectivity index (χ3n) is 7.66. The minimum atomic E-state index is -1.22. The number of carbonyl (C=O) groups excluding carboxylic acids is 3. The predicted octanol–water partition coefficient (Wildman–Crippen LogP) is 1.86. The molecule has 2 aromatic rings. The van der Waals surface area contributed by atoms with Gasteiger partial charge in [-0.25, -0.2) is 0 Å². The summed E-state index contributed by atoms with van der Waals surface area (Å²) in [5.41, 5.74) is 6.50. The number of hydrogen-bond acceptors (Lipinski definition) is 6. The summed E-state index contributed by atoms with van der Waals surface area (Å²) >= 11 is 6.10. The summed E-state index contributed by atoms with van der Waals surface area (Å²) in [6.45, 7) is 1.42. The molecular formula is C30H39ClN4O6. The molecule has 1 heterocycles. The third kappa shape index (κ3) is 8.51. The number of carboxylic acids is 1. The van der Waals surface area contributed by atoms with Crippen LogP contribution in [0.25, 0.3) is 0 Å². The van der Waals surface area contributed by atoms with Gasteiger partial charge in [0.05, 0.1) is 30.5 Å². The average Bonchev–Trinajstić information content (AvgIpc) is 2.95. The van der Waals surface area contributed by atoms with Gasteiger partial charge in [0.25, 0.3) is 0 Å². The molecule has 3 unspecified atom stereocenters. The van der Waals surface area contributed by atoms with Crippen molar-refractivity contribution in [2.24, 2.45) is 11.7 Å². The minimum Gasteiger partial charge on any atom is -0.481 e. The summed E-state index contributed by atoms with van der Waals surface area (Å²) in [4.78, 5) is 54.7. The van der Waals surface area contributed by atoms with E-state index in [1.165, 1.54) is 11.8 Å². The Hall–Kier alpha value is -3.47. The van der Waals surface area contributed by atoms with E-state index in [0.717, 1.165) is 11.1 Å². The fraction of sp³-hybridized carbons (Fsp3) is 0.467. The topological polar surface area (TPSA) is 153 Å². The van der Waals surface area contributed by atoms with Crippen LogP contribution in [-0.4, -0.2) is 88.1 Å². The van der Waals surface area contributed by atoms with E-state index in [9.17, 15) is 29.4 Å². The maximum Gasteiger partial charge on any atom is 0.304 e. The Bertz CT molecular complexity index is 1210. The van der Waals surface area contributed by atoms with E-state index in [1.807, 2.05) is 42.5 Å². The van der Waals surface area contributed by atoms with E-state index < -0.39 is 47.9 Å². The molecule has 1 aliphatic rings. The Morgan fingerprint density at radius 2 is 1.76 bits per heavy atom. The van der Waals surface area contributed by atoms with Crippen LogP contribution in [0.15, 0.2) is 54.6 Å². The quantitative estimate of drug-likeness (QED) is 0.296. The van der Waals surface area contributed by atoms with Gasteiger partial charge in [-0.2, -0.15) is 0 Å². The van der Waals surface area contributed by atoms with Gasteiger partial charge in [-0.05, 0) is 55.9 Å². The number of halogens is 1. The molecule has 0 saturated carbocycles. The number of likely N-dealkylation sites (tertiary alicyclic amines) is 1. The van der Waals surface area contributed by atoms with Crippen molar-refractivity contribution in [1.82, 2.24) is 15.1 Å². The number of nitrogens with two attached hydrogens (primary N) is 1. The van der Waals surface area contributed by atoms with Crippen LogP contribution in [0.3, 0.4) is 0 Å². The number of amides is 3. The summed E-state index contributed by atoms with van der Waals surface area (Å²) in [6, 6.07) is 14.4. The second kappa shape index (κ2) is 14.4. The first-order valence-electron chi connectivity index (χ1n) is 13.7. The highest BCUT2D eigenvalue weighted by Gasteiger charge is 2.45. The van der Waals surface area contributed by atoms with Crippen LogP contribution >= 0.6 is 11.6 Å². The highest BCUT2D eigenvalue weighted by Crippen LogP contribution is 2.33. The molecule has 0 aromatic heterocycles. The van der Waals surface area contributed by atoms with Crippen LogP contribution in [0, 0.1) is 5.92 Å². The van der Waals surface area contributed by atoms with Gasteiger partial charge < -0.3 is 31.1 Å². The molecule has 1 saturated heterocycles. The number of piperidine rings is 1. The molecule has 11 heteroatoms. The highest BCUT2D eigenvalue weighted by atomic mass is 35.5. The maximum absolute atomic E-state index is 13.9. The second-order valence-corrected chi connectivity index (χ2v) is 11.2. The van der Waals surface area contributed by atoms with Crippen molar-refractivity contribution < 1.29 is 29.4 Å². The lowest BCUT2D eigenvalue weighted by atomic mass is 9.80. The van der Waals surface area contributed by atoms with E-state index in [1.54, 1.807) is 24.1 Å². The maximum atomic E-state index is 13.9. The number of aliphatic hydroxyl groups excluding tert-OH is 1. The van der Waals surface area contributed by atoms with E-state index in [2.05, 4.69) is 5.32 Å². The number of likely N-dealkylation sites (N-methyl/N-ethyl adjacent to an activating group) is 1. The molecule has 3 rings (SSSR count). The number of aliphatic carboxylic acids is 1. The van der Waals surface area contributed by atoms with Crippen molar-refractivity contribution >= 4 is 35.3 Å². The van der Waals surface area contributed by atoms with Crippen molar-refractivity contribution in [3.8, 4) is 0 Å². The van der Waals surface area contributed by atoms with Gasteiger partial charge in [-0.15, -0.1) is 0 Å². The zero-order valence-electron chi connectivity index (χ0n) is 23.5. The number of carbonyl (C=O) groups is 4. The lowest BCUT2D eigenvalue weighted by molar-refractivity contribution is -0.150. The molecule has 5 N–H and O–H groups in total. The van der Waals surface area contributed by atoms with Gasteiger partial charge in [0.15, 0.2) is 0 Å². The second-order valence-electron chi connectivity index (χ2n) is 10.8. The Balaban J connectivity index is 1.94. The van der Waals surface area contributed by atoms with Gasteiger partial charge in [0.1, 0.15) is 6.04 Å². The third-order valence-corrected chi connectivity index (χ3v) is 7.91. The molecule has 0 bridgehead atoms. The van der Waals surface area contributed by atoms with E-state index in [0.29, 0.717) is 30.8 Å². The number of nitrogens with one attached hydrogen (secondary N) is 1. The van der Waals surface area contributed by atoms with E-state index >= 15 is 0 Å². The van der Waals surface area contributed by atoms with Gasteiger partial charge in [-0.1, -0.05) is 54.1 Å². The molecular weight excluding hydrogens is 548 g/mol. The molecule has 10 nitrogen and oxygen atoms in total. The number of carboxylic acid groups (broad SMARTS) is 1. The van der Waals surface area contributed by atoms with Crippen molar-refractivity contribution in [3.05, 3.63) is 70.7 Å². The van der Waals surface area contributed by atoms with Crippen LogP contribution < -0.4 is 11.1 Å². The number of benzene rings is 2. The van der Waals surface area contributed by atoms with Gasteiger partial charge >= 0.3 is 5.97 Å². The minimum absolute atomic E-state index is 0.154. The smallest absolute Gasteiger partial charge is 0.304 e. The molecule has 0 radical (unpaired) electrons. The number of nitrogens with zero attached hydrogens (tertiary/aromatic N) is 2. The number of hydrogen-bond donors (Lipinski definition) is 4. The average molecular weight is 587 g/mol. The van der Waals surface area contributed by atoms with Crippen LogP contribution in [0.4, 0.5) is 0 Å². The van der Waals surface area contributed by atoms with Crippen LogP contribution in [0.2, 0.25) is 5.02 Å². The summed E-state index contributed by atoms with van der Waals surface area (Å²) < 4.78 is 0. The number of rotatable bonds is 12. The normalized spacial score (nSPS) is 19.1. The summed E-state index contributed by atoms with van der Waals surface area (Å²) in [5, 5.41) is 22.6. The van der Waals surface area contributed by atoms with Crippen LogP contribution in [-0.2, 0) is 32.0 Å². The highest BCUT2D eigenvalue weighted by molar-refractivity contribution is 6.30. The Kier molecular flexibility index (Phi) is 11.3. The molecule has 4 atom stereocenters. The van der Waals surface area contributed by atoms with E-state index in [-0.39, 0.29) is 25.3 Å². The first kappa shape index (κ1) is 32.0. The summed E-state index contributed by atoms with van der Waals surface area (Å²) in [7, 11) is 1.60. The molecule has 41 heavy (non-hydrogen) atoms. The van der Waals surface area contributed by atoms with Crippen molar-refractivity contribution in [3.63, 3.8) is 0 Å². The van der Waals surface area contributed by atoms with Crippen molar-refractivity contribution in [2.75, 3.05) is 26.7 Å². The molecule has 1 aliphatic heterocycles. The SMILES string of the molecule is CC(N)C(=O)NC(CO)C(=O)N(C)[C@@]1(Cc2ccc(Cl)cc2)CCCN(C(=O)C(CC(=O)O)Cc2ccccc2)C1. The van der Waals surface area contributed by atoms with Gasteiger partial charge in [0, 0.05) is 25.2 Å². The Morgan fingerprint density at radius 1 is 1.10 bits per heavy atom. The lowest BCUT2D eigenvalue weighted by Crippen LogP contribution is -2.65. The monoisotopic (exact) mass is 586 g/mol. The van der Waals surface area contributed by atoms with Crippen molar-refractivity contribution in [2.45, 2.75) is 56.7 Å². The molecule has 3 amide bonds. The number of aliphatic hydroxyl groups is 1. The summed E-state index contributed by atoms with van der Waals surface area (Å²) in [6.07, 6.45) is 1.44. The lowest BCUT2D eigenvalue weighted by Gasteiger charge is -2.49. The fourth-order valence-electron chi connectivity index (χ4n) is 5.39. The predicted molar refractivity (Wildman–Crippen MR) is 155 cm³/mol.